The molecule has 3 rings (SSSR count). The molecule has 3 N–H and O–H groups in total. The molecule has 8 heteroatoms. The van der Waals surface area contributed by atoms with Gasteiger partial charge in [0, 0.05) is 18.7 Å². The first kappa shape index (κ1) is 13.8. The predicted molar refractivity (Wildman–Crippen MR) is 82.2 cm³/mol. The van der Waals surface area contributed by atoms with E-state index in [1.54, 1.807) is 11.3 Å². The molecule has 0 atom stereocenters. The lowest BCUT2D eigenvalue weighted by Crippen LogP contribution is -2.27. The second kappa shape index (κ2) is 5.66. The van der Waals surface area contributed by atoms with Crippen LogP contribution < -0.4 is 16.2 Å². The maximum Gasteiger partial charge on any atom is 0.311 e. The fraction of sp³-hybridized carbons (Fsp3) is 0.308. The third-order valence-electron chi connectivity index (χ3n) is 3.39. The molecule has 0 spiro atoms. The molecule has 0 bridgehead atoms. The van der Waals surface area contributed by atoms with Gasteiger partial charge in [0.1, 0.15) is 5.82 Å². The number of nitrogens with two attached hydrogens (primary N) is 1. The summed E-state index contributed by atoms with van der Waals surface area (Å²) in [5.74, 6) is 6.18. The van der Waals surface area contributed by atoms with Gasteiger partial charge in [-0.15, -0.1) is 0 Å². The summed E-state index contributed by atoms with van der Waals surface area (Å²) in [6, 6.07) is 5.29. The normalized spacial score (nSPS) is 14.0. The summed E-state index contributed by atoms with van der Waals surface area (Å²) in [4.78, 5) is 17.2. The van der Waals surface area contributed by atoms with E-state index in [1.165, 1.54) is 12.1 Å². The van der Waals surface area contributed by atoms with Gasteiger partial charge in [-0.25, -0.2) is 10.8 Å². The third-order valence-corrected chi connectivity index (χ3v) is 4.12. The van der Waals surface area contributed by atoms with Crippen molar-refractivity contribution in [1.82, 2.24) is 4.98 Å². The minimum atomic E-state index is -0.397. The fourth-order valence-corrected chi connectivity index (χ4v) is 2.88. The minimum Gasteiger partial charge on any atom is -0.343 e. The van der Waals surface area contributed by atoms with Gasteiger partial charge in [-0.3, -0.25) is 10.1 Å². The minimum absolute atomic E-state index is 0.0103. The SMILES string of the molecule is NNc1ccc([N+](=O)[O-])c(N(Cc2ccsc2)C2CC2)n1. The lowest BCUT2D eigenvalue weighted by atomic mass is 10.2. The van der Waals surface area contributed by atoms with Crippen molar-refractivity contribution in [2.75, 3.05) is 10.3 Å². The number of anilines is 2. The zero-order chi connectivity index (χ0) is 14.8. The molecule has 1 aliphatic rings. The molecule has 2 aromatic rings. The van der Waals surface area contributed by atoms with Crippen LogP contribution in [0.15, 0.2) is 29.0 Å². The molecule has 110 valence electrons. The van der Waals surface area contributed by atoms with Gasteiger partial charge >= 0.3 is 5.69 Å². The lowest BCUT2D eigenvalue weighted by molar-refractivity contribution is -0.384. The van der Waals surface area contributed by atoms with E-state index in [-0.39, 0.29) is 5.69 Å². The van der Waals surface area contributed by atoms with Crippen molar-refractivity contribution < 1.29 is 4.92 Å². The summed E-state index contributed by atoms with van der Waals surface area (Å²) < 4.78 is 0. The average Bonchev–Trinajstić information content (AvgIpc) is 3.20. The largest absolute Gasteiger partial charge is 0.343 e. The number of hydrazine groups is 1. The Hall–Kier alpha value is -2.19. The van der Waals surface area contributed by atoms with Crippen LogP contribution >= 0.6 is 11.3 Å². The lowest BCUT2D eigenvalue weighted by Gasteiger charge is -2.23. The van der Waals surface area contributed by atoms with Crippen LogP contribution in [0.25, 0.3) is 0 Å². The molecule has 0 aromatic carbocycles. The maximum absolute atomic E-state index is 11.3. The maximum atomic E-state index is 11.3. The summed E-state index contributed by atoms with van der Waals surface area (Å²) in [5.41, 5.74) is 3.59. The molecular weight excluding hydrogens is 290 g/mol. The van der Waals surface area contributed by atoms with E-state index >= 15 is 0 Å². The average molecular weight is 305 g/mol. The van der Waals surface area contributed by atoms with E-state index in [2.05, 4.69) is 10.4 Å². The first-order valence-corrected chi connectivity index (χ1v) is 7.53. The number of nitrogens with zero attached hydrogens (tertiary/aromatic N) is 3. The highest BCUT2D eigenvalue weighted by atomic mass is 32.1. The first-order chi connectivity index (χ1) is 10.2. The van der Waals surface area contributed by atoms with Crippen molar-refractivity contribution >= 4 is 28.7 Å². The van der Waals surface area contributed by atoms with Gasteiger partial charge in [0.05, 0.1) is 4.92 Å². The number of rotatable bonds is 6. The van der Waals surface area contributed by atoms with Crippen LogP contribution in [0, 0.1) is 10.1 Å². The van der Waals surface area contributed by atoms with Crippen molar-refractivity contribution in [2.24, 2.45) is 5.84 Å². The highest BCUT2D eigenvalue weighted by Crippen LogP contribution is 2.37. The Bertz CT molecular complexity index is 642. The van der Waals surface area contributed by atoms with Gasteiger partial charge in [-0.2, -0.15) is 11.3 Å². The standard InChI is InChI=1S/C13H15N5O2S/c14-16-12-4-3-11(18(19)20)13(15-12)17(10-1-2-10)7-9-5-6-21-8-9/h3-6,8,10H,1-2,7,14H2,(H,15,16). The van der Waals surface area contributed by atoms with Crippen LogP contribution in [-0.4, -0.2) is 15.9 Å². The number of hydrogen-bond acceptors (Lipinski definition) is 7. The van der Waals surface area contributed by atoms with Crippen LogP contribution in [0.3, 0.4) is 0 Å². The summed E-state index contributed by atoms with van der Waals surface area (Å²) in [5, 5.41) is 15.3. The van der Waals surface area contributed by atoms with Gasteiger partial charge < -0.3 is 10.3 Å². The number of thiophene rings is 1. The Morgan fingerprint density at radius 2 is 2.29 bits per heavy atom. The number of hydrogen-bond donors (Lipinski definition) is 2. The van der Waals surface area contributed by atoms with E-state index in [0.717, 1.165) is 18.4 Å². The second-order valence-electron chi connectivity index (χ2n) is 4.93. The Labute approximate surface area is 125 Å². The molecule has 7 nitrogen and oxygen atoms in total. The Kier molecular flexibility index (Phi) is 3.72. The summed E-state index contributed by atoms with van der Waals surface area (Å²) in [6.45, 7) is 0.621. The predicted octanol–water partition coefficient (Wildman–Crippen LogP) is 2.51. The molecule has 1 aliphatic carbocycles. The van der Waals surface area contributed by atoms with Crippen molar-refractivity contribution in [3.8, 4) is 0 Å². The number of nitro groups is 1. The smallest absolute Gasteiger partial charge is 0.311 e. The second-order valence-corrected chi connectivity index (χ2v) is 5.71. The highest BCUT2D eigenvalue weighted by molar-refractivity contribution is 7.07. The number of nitrogens with one attached hydrogen (secondary N) is 1. The quantitative estimate of drug-likeness (QED) is 0.483. The van der Waals surface area contributed by atoms with E-state index < -0.39 is 4.92 Å². The zero-order valence-electron chi connectivity index (χ0n) is 11.2. The molecule has 2 heterocycles. The van der Waals surface area contributed by atoms with Gasteiger partial charge in [0.15, 0.2) is 0 Å². The van der Waals surface area contributed by atoms with Gasteiger partial charge in [0.2, 0.25) is 5.82 Å². The van der Waals surface area contributed by atoms with E-state index in [1.807, 2.05) is 21.7 Å². The molecule has 0 saturated heterocycles. The van der Waals surface area contributed by atoms with Crippen molar-refractivity contribution in [1.29, 1.82) is 0 Å². The van der Waals surface area contributed by atoms with Crippen molar-refractivity contribution in [3.63, 3.8) is 0 Å². The first-order valence-electron chi connectivity index (χ1n) is 6.59. The molecule has 0 aliphatic heterocycles. The molecule has 1 fully saturated rings. The van der Waals surface area contributed by atoms with Gasteiger partial charge in [-0.1, -0.05) is 0 Å². The summed E-state index contributed by atoms with van der Waals surface area (Å²) in [7, 11) is 0. The van der Waals surface area contributed by atoms with E-state index in [0.29, 0.717) is 24.2 Å². The Morgan fingerprint density at radius 3 is 2.86 bits per heavy atom. The highest BCUT2D eigenvalue weighted by Gasteiger charge is 2.34. The van der Waals surface area contributed by atoms with Crippen LogP contribution in [0.1, 0.15) is 18.4 Å². The van der Waals surface area contributed by atoms with Crippen LogP contribution in [0.5, 0.6) is 0 Å². The number of nitrogen functional groups attached to an aromatic ring is 1. The topological polar surface area (TPSA) is 97.3 Å². The Morgan fingerprint density at radius 1 is 1.48 bits per heavy atom. The van der Waals surface area contributed by atoms with E-state index in [9.17, 15) is 10.1 Å². The fourth-order valence-electron chi connectivity index (χ4n) is 2.22. The Balaban J connectivity index is 1.99. The molecular formula is C13H15N5O2S. The van der Waals surface area contributed by atoms with Crippen molar-refractivity contribution in [2.45, 2.75) is 25.4 Å². The van der Waals surface area contributed by atoms with Crippen LogP contribution in [-0.2, 0) is 6.54 Å². The van der Waals surface area contributed by atoms with E-state index in [4.69, 9.17) is 5.84 Å². The molecule has 0 amide bonds. The van der Waals surface area contributed by atoms with Crippen LogP contribution in [0.2, 0.25) is 0 Å². The third kappa shape index (κ3) is 2.96. The number of aromatic nitrogens is 1. The van der Waals surface area contributed by atoms with Crippen molar-refractivity contribution in [3.05, 3.63) is 44.6 Å². The zero-order valence-corrected chi connectivity index (χ0v) is 12.0. The molecule has 2 aromatic heterocycles. The molecule has 0 radical (unpaired) electrons. The number of pyridine rings is 1. The van der Waals surface area contributed by atoms with Crippen LogP contribution in [0.4, 0.5) is 17.3 Å². The molecule has 1 saturated carbocycles. The summed E-state index contributed by atoms with van der Waals surface area (Å²) >= 11 is 1.61. The van der Waals surface area contributed by atoms with Gasteiger partial charge in [-0.05, 0) is 41.3 Å². The van der Waals surface area contributed by atoms with Gasteiger partial charge in [0.25, 0.3) is 0 Å². The monoisotopic (exact) mass is 305 g/mol. The summed E-state index contributed by atoms with van der Waals surface area (Å²) in [6.07, 6.45) is 2.06. The molecule has 0 unspecified atom stereocenters. The molecule has 21 heavy (non-hydrogen) atoms.